The molecule has 2 N–H and O–H groups in total. The van der Waals surface area contributed by atoms with E-state index in [0.29, 0.717) is 6.61 Å². The highest BCUT2D eigenvalue weighted by atomic mass is 79.9. The number of hydrogen-bond donors (Lipinski definition) is 2. The molecule has 0 bridgehead atoms. The summed E-state index contributed by atoms with van der Waals surface area (Å²) in [6.07, 6.45) is 2.06. The maximum atomic E-state index is 5.28. The molecular weight excluding hydrogens is 328 g/mol. The lowest BCUT2D eigenvalue weighted by Gasteiger charge is -2.13. The largest absolute Gasteiger partial charge is 0.381 e. The molecule has 4 heteroatoms. The number of nitrogens with one attached hydrogen (secondary N) is 2. The van der Waals surface area contributed by atoms with Gasteiger partial charge in [-0.05, 0) is 23.8 Å². The van der Waals surface area contributed by atoms with Gasteiger partial charge in [-0.2, -0.15) is 0 Å². The molecule has 0 saturated heterocycles. The predicted octanol–water partition coefficient (Wildman–Crippen LogP) is 4.69. The second-order valence-corrected chi connectivity index (χ2v) is 5.77. The molecule has 0 spiro atoms. The number of H-pyrrole nitrogens is 1. The molecule has 0 fully saturated rings. The van der Waals surface area contributed by atoms with Gasteiger partial charge < -0.3 is 15.0 Å². The number of ether oxygens (including phenoxy) is 1. The molecule has 3 aromatic rings. The summed E-state index contributed by atoms with van der Waals surface area (Å²) in [6, 6.07) is 14.5. The van der Waals surface area contributed by atoms with Crippen LogP contribution in [0.1, 0.15) is 11.1 Å². The van der Waals surface area contributed by atoms with Crippen molar-refractivity contribution < 1.29 is 4.74 Å². The number of methoxy groups -OCH3 is 1. The van der Waals surface area contributed by atoms with Crippen LogP contribution in [0.15, 0.2) is 53.1 Å². The third-order valence-corrected chi connectivity index (χ3v) is 4.29. The minimum atomic E-state index is 0.581. The molecule has 0 aliphatic rings. The second kappa shape index (κ2) is 6.33. The van der Waals surface area contributed by atoms with E-state index in [2.05, 4.69) is 56.7 Å². The van der Waals surface area contributed by atoms with Crippen LogP contribution in [0.25, 0.3) is 10.9 Å². The first-order valence-electron chi connectivity index (χ1n) is 6.85. The molecule has 1 aromatic heterocycles. The summed E-state index contributed by atoms with van der Waals surface area (Å²) in [7, 11) is 1.71. The van der Waals surface area contributed by atoms with E-state index in [-0.39, 0.29) is 0 Å². The van der Waals surface area contributed by atoms with Crippen LogP contribution in [0.3, 0.4) is 0 Å². The Hall–Kier alpha value is -1.78. The van der Waals surface area contributed by atoms with E-state index in [0.717, 1.165) is 22.3 Å². The Morgan fingerprint density at radius 1 is 1.14 bits per heavy atom. The first-order valence-corrected chi connectivity index (χ1v) is 7.64. The lowest BCUT2D eigenvalue weighted by molar-refractivity contribution is 0.185. The van der Waals surface area contributed by atoms with Crippen LogP contribution in [-0.2, 0) is 17.9 Å². The zero-order valence-corrected chi connectivity index (χ0v) is 13.4. The highest BCUT2D eigenvalue weighted by Crippen LogP contribution is 2.27. The van der Waals surface area contributed by atoms with Crippen LogP contribution in [0.2, 0.25) is 0 Å². The smallest absolute Gasteiger partial charge is 0.0744 e. The maximum Gasteiger partial charge on any atom is 0.0744 e. The highest BCUT2D eigenvalue weighted by Gasteiger charge is 2.08. The topological polar surface area (TPSA) is 37.0 Å². The molecule has 2 aromatic carbocycles. The van der Waals surface area contributed by atoms with Crippen LogP contribution in [-0.4, -0.2) is 12.1 Å². The molecule has 0 saturated carbocycles. The first kappa shape index (κ1) is 14.2. The fraction of sp³-hybridized carbons (Fsp3) is 0.176. The molecule has 21 heavy (non-hydrogen) atoms. The molecule has 0 amide bonds. The van der Waals surface area contributed by atoms with Crippen molar-refractivity contribution in [2.75, 3.05) is 12.4 Å². The van der Waals surface area contributed by atoms with Crippen molar-refractivity contribution in [3.63, 3.8) is 0 Å². The molecule has 108 valence electrons. The zero-order valence-electron chi connectivity index (χ0n) is 11.8. The molecule has 0 aliphatic carbocycles. The second-order valence-electron chi connectivity index (χ2n) is 4.91. The molecule has 0 radical (unpaired) electrons. The van der Waals surface area contributed by atoms with E-state index in [1.807, 2.05) is 18.2 Å². The van der Waals surface area contributed by atoms with Crippen molar-refractivity contribution in [1.82, 2.24) is 4.98 Å². The van der Waals surface area contributed by atoms with Gasteiger partial charge >= 0.3 is 0 Å². The molecule has 0 atom stereocenters. The van der Waals surface area contributed by atoms with Crippen molar-refractivity contribution in [3.8, 4) is 0 Å². The molecule has 0 aliphatic heterocycles. The van der Waals surface area contributed by atoms with Crippen LogP contribution < -0.4 is 5.32 Å². The number of rotatable bonds is 5. The Morgan fingerprint density at radius 3 is 2.86 bits per heavy atom. The van der Waals surface area contributed by atoms with Gasteiger partial charge in [0.15, 0.2) is 0 Å². The third kappa shape index (κ3) is 2.96. The Bertz CT molecular complexity index is 751. The van der Waals surface area contributed by atoms with Crippen molar-refractivity contribution >= 4 is 32.5 Å². The molecule has 3 rings (SSSR count). The first-order chi connectivity index (χ1) is 10.3. The summed E-state index contributed by atoms with van der Waals surface area (Å²) in [6.45, 7) is 1.36. The lowest BCUT2D eigenvalue weighted by atomic mass is 10.1. The van der Waals surface area contributed by atoms with Crippen molar-refractivity contribution in [2.24, 2.45) is 0 Å². The Labute approximate surface area is 132 Å². The average molecular weight is 345 g/mol. The molecule has 3 nitrogen and oxygen atoms in total. The summed E-state index contributed by atoms with van der Waals surface area (Å²) in [4.78, 5) is 3.30. The van der Waals surface area contributed by atoms with Crippen LogP contribution in [0.5, 0.6) is 0 Å². The summed E-state index contributed by atoms with van der Waals surface area (Å²) >= 11 is 3.58. The third-order valence-electron chi connectivity index (χ3n) is 3.55. The van der Waals surface area contributed by atoms with Crippen molar-refractivity contribution in [3.05, 3.63) is 64.3 Å². The SMILES string of the molecule is COCc1c(Br)cccc1NCc1c[nH]c2ccccc12. The standard InChI is InChI=1S/C17H17BrN2O/c1-21-11-14-15(18)6-4-8-17(14)20-10-12-9-19-16-7-3-2-5-13(12)16/h2-9,19-20H,10-11H2,1H3. The number of fused-ring (bicyclic) bond motifs is 1. The zero-order chi connectivity index (χ0) is 14.7. The fourth-order valence-corrected chi connectivity index (χ4v) is 2.96. The number of anilines is 1. The minimum absolute atomic E-state index is 0.581. The van der Waals surface area contributed by atoms with E-state index in [4.69, 9.17) is 4.74 Å². The summed E-state index contributed by atoms with van der Waals surface area (Å²) in [5.74, 6) is 0. The highest BCUT2D eigenvalue weighted by molar-refractivity contribution is 9.10. The van der Waals surface area contributed by atoms with Gasteiger partial charge in [-0.1, -0.05) is 40.2 Å². The number of para-hydroxylation sites is 1. The van der Waals surface area contributed by atoms with Crippen molar-refractivity contribution in [2.45, 2.75) is 13.2 Å². The van der Waals surface area contributed by atoms with Gasteiger partial charge in [0, 0.05) is 46.5 Å². The molecule has 0 unspecified atom stereocenters. The summed E-state index contributed by atoms with van der Waals surface area (Å²) in [5.41, 5.74) is 4.66. The van der Waals surface area contributed by atoms with Crippen LogP contribution >= 0.6 is 15.9 Å². The lowest BCUT2D eigenvalue weighted by Crippen LogP contribution is -2.03. The average Bonchev–Trinajstić information content (AvgIpc) is 2.91. The fourth-order valence-electron chi connectivity index (χ4n) is 2.48. The van der Waals surface area contributed by atoms with E-state index in [9.17, 15) is 0 Å². The van der Waals surface area contributed by atoms with Gasteiger partial charge in [-0.3, -0.25) is 0 Å². The van der Waals surface area contributed by atoms with Gasteiger partial charge in [0.2, 0.25) is 0 Å². The van der Waals surface area contributed by atoms with Crippen LogP contribution in [0, 0.1) is 0 Å². The van der Waals surface area contributed by atoms with Gasteiger partial charge in [0.25, 0.3) is 0 Å². The van der Waals surface area contributed by atoms with Gasteiger partial charge in [0.05, 0.1) is 6.61 Å². The van der Waals surface area contributed by atoms with E-state index < -0.39 is 0 Å². The minimum Gasteiger partial charge on any atom is -0.381 e. The van der Waals surface area contributed by atoms with Gasteiger partial charge in [-0.15, -0.1) is 0 Å². The predicted molar refractivity (Wildman–Crippen MR) is 90.5 cm³/mol. The quantitative estimate of drug-likeness (QED) is 0.704. The van der Waals surface area contributed by atoms with Crippen molar-refractivity contribution in [1.29, 1.82) is 0 Å². The Morgan fingerprint density at radius 2 is 2.00 bits per heavy atom. The summed E-state index contributed by atoms with van der Waals surface area (Å²) < 4.78 is 6.34. The number of aromatic nitrogens is 1. The Kier molecular flexibility index (Phi) is 4.27. The monoisotopic (exact) mass is 344 g/mol. The molecule has 1 heterocycles. The van der Waals surface area contributed by atoms with Gasteiger partial charge in [0.1, 0.15) is 0 Å². The number of aromatic amines is 1. The number of hydrogen-bond acceptors (Lipinski definition) is 2. The summed E-state index contributed by atoms with van der Waals surface area (Å²) in [5, 5.41) is 4.76. The number of benzene rings is 2. The maximum absolute atomic E-state index is 5.28. The normalized spacial score (nSPS) is 11.0. The number of halogens is 1. The van der Waals surface area contributed by atoms with Crippen LogP contribution in [0.4, 0.5) is 5.69 Å². The Balaban J connectivity index is 1.83. The van der Waals surface area contributed by atoms with E-state index in [1.54, 1.807) is 7.11 Å². The van der Waals surface area contributed by atoms with Gasteiger partial charge in [-0.25, -0.2) is 0 Å². The molecular formula is C17H17BrN2O. The van der Waals surface area contributed by atoms with E-state index >= 15 is 0 Å². The van der Waals surface area contributed by atoms with E-state index in [1.165, 1.54) is 16.5 Å².